The number of carbonyl (C=O) groups excluding carboxylic acids is 2. The maximum absolute atomic E-state index is 13.9. The highest BCUT2D eigenvalue weighted by atomic mass is 19.1. The topological polar surface area (TPSA) is 59.7 Å². The van der Waals surface area contributed by atoms with Crippen molar-refractivity contribution in [3.8, 4) is 11.3 Å². The number of nitrogens with one attached hydrogen (secondary N) is 1. The molecule has 1 aromatic heterocycles. The number of anilines is 1. The minimum absolute atomic E-state index is 0.0114. The zero-order valence-corrected chi connectivity index (χ0v) is 22.5. The Kier molecular flexibility index (Phi) is 6.27. The Balaban J connectivity index is 1.22. The third-order valence-corrected chi connectivity index (χ3v) is 8.27. The Hall–Kier alpha value is -4.91. The number of halogens is 1. The zero-order chi connectivity index (χ0) is 27.9. The molecule has 6 nitrogen and oxygen atoms in total. The van der Waals surface area contributed by atoms with Crippen molar-refractivity contribution in [2.24, 2.45) is 0 Å². The van der Waals surface area contributed by atoms with Crippen molar-refractivity contribution in [1.29, 1.82) is 0 Å². The van der Waals surface area contributed by atoms with Gasteiger partial charge < -0.3 is 19.7 Å². The number of piperazine rings is 1. The summed E-state index contributed by atoms with van der Waals surface area (Å²) < 4.78 is 13.4. The van der Waals surface area contributed by atoms with E-state index in [1.165, 1.54) is 12.1 Å². The number of hydrogen-bond donors (Lipinski definition) is 1. The molecule has 0 aliphatic carbocycles. The van der Waals surface area contributed by atoms with Gasteiger partial charge in [-0.3, -0.25) is 9.59 Å². The minimum atomic E-state index is -0.408. The SMILES string of the molecule is O=C(CN1C(=O)c2ccccc2[C@H]1c1c(-c2ccccc2)[nH]c2ccccc12)N1CCN(c2ccc(F)cc2)CC1. The van der Waals surface area contributed by atoms with Crippen molar-refractivity contribution < 1.29 is 14.0 Å². The van der Waals surface area contributed by atoms with Crippen LogP contribution in [0.1, 0.15) is 27.5 Å². The van der Waals surface area contributed by atoms with Crippen molar-refractivity contribution >= 4 is 28.4 Å². The van der Waals surface area contributed by atoms with Crippen LogP contribution in [0.15, 0.2) is 103 Å². The molecule has 2 amide bonds. The summed E-state index contributed by atoms with van der Waals surface area (Å²) in [5.41, 5.74) is 6.45. The number of para-hydroxylation sites is 1. The Bertz CT molecular complexity index is 1740. The van der Waals surface area contributed by atoms with Gasteiger partial charge in [-0.15, -0.1) is 0 Å². The van der Waals surface area contributed by atoms with Crippen LogP contribution in [0.25, 0.3) is 22.2 Å². The van der Waals surface area contributed by atoms with Crippen LogP contribution in [-0.2, 0) is 4.79 Å². The number of rotatable bonds is 5. The third-order valence-electron chi connectivity index (χ3n) is 8.27. The summed E-state index contributed by atoms with van der Waals surface area (Å²) in [6, 6.07) is 32.0. The molecule has 0 unspecified atom stereocenters. The van der Waals surface area contributed by atoms with Gasteiger partial charge in [-0.25, -0.2) is 4.39 Å². The number of nitrogens with zero attached hydrogens (tertiary/aromatic N) is 3. The highest BCUT2D eigenvalue weighted by molar-refractivity contribution is 6.03. The third kappa shape index (κ3) is 4.43. The maximum Gasteiger partial charge on any atom is 0.255 e. The van der Waals surface area contributed by atoms with E-state index in [1.807, 2.05) is 65.6 Å². The molecule has 1 fully saturated rings. The fourth-order valence-corrected chi connectivity index (χ4v) is 6.24. The van der Waals surface area contributed by atoms with Gasteiger partial charge in [-0.2, -0.15) is 0 Å². The van der Waals surface area contributed by atoms with Gasteiger partial charge in [0, 0.05) is 53.9 Å². The molecule has 0 bridgehead atoms. The lowest BCUT2D eigenvalue weighted by Crippen LogP contribution is -2.51. The van der Waals surface area contributed by atoms with Gasteiger partial charge in [0.05, 0.1) is 11.7 Å². The van der Waals surface area contributed by atoms with Crippen LogP contribution >= 0.6 is 0 Å². The van der Waals surface area contributed by atoms with Crippen LogP contribution in [0, 0.1) is 5.82 Å². The summed E-state index contributed by atoms with van der Waals surface area (Å²) in [4.78, 5) is 36.9. The Morgan fingerprint density at radius 3 is 2.27 bits per heavy atom. The number of benzene rings is 4. The molecule has 1 N–H and O–H groups in total. The van der Waals surface area contributed by atoms with Gasteiger partial charge in [0.2, 0.25) is 5.91 Å². The normalized spacial score (nSPS) is 16.9. The predicted molar refractivity (Wildman–Crippen MR) is 158 cm³/mol. The molecule has 0 radical (unpaired) electrons. The van der Waals surface area contributed by atoms with Gasteiger partial charge in [0.15, 0.2) is 0 Å². The van der Waals surface area contributed by atoms with Gasteiger partial charge >= 0.3 is 0 Å². The van der Waals surface area contributed by atoms with E-state index in [0.717, 1.165) is 39.0 Å². The van der Waals surface area contributed by atoms with Gasteiger partial charge in [0.25, 0.3) is 5.91 Å². The first-order valence-corrected chi connectivity index (χ1v) is 13.9. The molecule has 2 aliphatic rings. The highest BCUT2D eigenvalue weighted by Crippen LogP contribution is 2.45. The molecule has 7 rings (SSSR count). The Morgan fingerprint density at radius 2 is 1.49 bits per heavy atom. The van der Waals surface area contributed by atoms with E-state index < -0.39 is 6.04 Å². The molecule has 5 aromatic rings. The molecule has 1 atom stereocenters. The quantitative estimate of drug-likeness (QED) is 0.301. The summed E-state index contributed by atoms with van der Waals surface area (Å²) in [6.45, 7) is 2.37. The lowest BCUT2D eigenvalue weighted by Gasteiger charge is -2.37. The van der Waals surface area contributed by atoms with Crippen molar-refractivity contribution in [3.63, 3.8) is 0 Å². The van der Waals surface area contributed by atoms with Crippen molar-refractivity contribution in [1.82, 2.24) is 14.8 Å². The second-order valence-electron chi connectivity index (χ2n) is 10.6. The number of H-pyrrole nitrogens is 1. The summed E-state index contributed by atoms with van der Waals surface area (Å²) in [6.07, 6.45) is 0. The second kappa shape index (κ2) is 10.2. The van der Waals surface area contributed by atoms with Crippen LogP contribution in [0.3, 0.4) is 0 Å². The van der Waals surface area contributed by atoms with E-state index >= 15 is 0 Å². The minimum Gasteiger partial charge on any atom is -0.368 e. The van der Waals surface area contributed by atoms with Crippen LogP contribution in [0.2, 0.25) is 0 Å². The van der Waals surface area contributed by atoms with Crippen LogP contribution in [0.5, 0.6) is 0 Å². The molecule has 0 spiro atoms. The van der Waals surface area contributed by atoms with Crippen LogP contribution < -0.4 is 4.90 Å². The Morgan fingerprint density at radius 1 is 0.805 bits per heavy atom. The Labute approximate surface area is 237 Å². The average Bonchev–Trinajstić information content (AvgIpc) is 3.53. The predicted octanol–water partition coefficient (Wildman–Crippen LogP) is 5.87. The first kappa shape index (κ1) is 25.1. The van der Waals surface area contributed by atoms with Crippen molar-refractivity contribution in [2.45, 2.75) is 6.04 Å². The molecular formula is C34H29FN4O2. The maximum atomic E-state index is 13.9. The molecule has 41 heavy (non-hydrogen) atoms. The largest absolute Gasteiger partial charge is 0.368 e. The number of fused-ring (bicyclic) bond motifs is 2. The average molecular weight is 545 g/mol. The zero-order valence-electron chi connectivity index (χ0n) is 22.5. The van der Waals surface area contributed by atoms with E-state index in [1.54, 1.807) is 17.0 Å². The summed E-state index contributed by atoms with van der Waals surface area (Å²) in [5, 5.41) is 1.03. The van der Waals surface area contributed by atoms with Gasteiger partial charge in [-0.1, -0.05) is 66.7 Å². The molecule has 204 valence electrons. The number of amides is 2. The molecule has 3 heterocycles. The van der Waals surface area contributed by atoms with Crippen molar-refractivity contribution in [3.05, 3.63) is 126 Å². The fourth-order valence-electron chi connectivity index (χ4n) is 6.24. The first-order valence-electron chi connectivity index (χ1n) is 13.9. The van der Waals surface area contributed by atoms with Crippen molar-refractivity contribution in [2.75, 3.05) is 37.6 Å². The summed E-state index contributed by atoms with van der Waals surface area (Å²) in [7, 11) is 0. The van der Waals surface area contributed by atoms with E-state index in [4.69, 9.17) is 0 Å². The number of aromatic nitrogens is 1. The standard InChI is InChI=1S/C34H29FN4O2/c35-24-14-16-25(17-15-24)37-18-20-38(21-19-37)30(40)22-39-33(26-10-4-5-11-27(26)34(39)41)31-28-12-6-7-13-29(28)36-32(31)23-8-2-1-3-9-23/h1-17,33,36H,18-22H2/t33-/m0/s1. The van der Waals surface area contributed by atoms with E-state index in [2.05, 4.69) is 28.1 Å². The summed E-state index contributed by atoms with van der Waals surface area (Å²) in [5.74, 6) is -0.469. The number of aromatic amines is 1. The first-order chi connectivity index (χ1) is 20.1. The lowest BCUT2D eigenvalue weighted by molar-refractivity contribution is -0.132. The molecular weight excluding hydrogens is 515 g/mol. The smallest absolute Gasteiger partial charge is 0.255 e. The van der Waals surface area contributed by atoms with E-state index in [-0.39, 0.29) is 24.2 Å². The van der Waals surface area contributed by atoms with Gasteiger partial charge in [-0.05, 0) is 47.5 Å². The van der Waals surface area contributed by atoms with Crippen LogP contribution in [-0.4, -0.2) is 59.3 Å². The molecule has 1 saturated heterocycles. The molecule has 0 saturated carbocycles. The van der Waals surface area contributed by atoms with Crippen LogP contribution in [0.4, 0.5) is 10.1 Å². The summed E-state index contributed by atoms with van der Waals surface area (Å²) >= 11 is 0. The monoisotopic (exact) mass is 544 g/mol. The second-order valence-corrected chi connectivity index (χ2v) is 10.6. The number of hydrogen-bond acceptors (Lipinski definition) is 3. The van der Waals surface area contributed by atoms with E-state index in [9.17, 15) is 14.0 Å². The molecule has 4 aromatic carbocycles. The number of carbonyl (C=O) groups is 2. The van der Waals surface area contributed by atoms with Gasteiger partial charge in [0.1, 0.15) is 12.4 Å². The highest BCUT2D eigenvalue weighted by Gasteiger charge is 2.41. The molecule has 7 heteroatoms. The fraction of sp³-hybridized carbons (Fsp3) is 0.176. The lowest BCUT2D eigenvalue weighted by atomic mass is 9.93. The molecule has 2 aliphatic heterocycles. The van der Waals surface area contributed by atoms with E-state index in [0.29, 0.717) is 31.7 Å².